The van der Waals surface area contributed by atoms with Crippen molar-refractivity contribution < 1.29 is 0 Å². The molecule has 0 spiro atoms. The van der Waals surface area contributed by atoms with Gasteiger partial charge in [0.15, 0.2) is 0 Å². The monoisotopic (exact) mass is 215 g/mol. The summed E-state index contributed by atoms with van der Waals surface area (Å²) in [6.07, 6.45) is 4.00. The first-order valence-electron chi connectivity index (χ1n) is 3.99. The Morgan fingerprint density at radius 2 is 1.85 bits per heavy atom. The highest BCUT2D eigenvalue weighted by atomic mass is 35.5. The highest BCUT2D eigenvalue weighted by Crippen LogP contribution is 2.19. The summed E-state index contributed by atoms with van der Waals surface area (Å²) in [5, 5.41) is 4.34. The first-order chi connectivity index (χ1) is 6.22. The molecule has 0 fully saturated rings. The highest BCUT2D eigenvalue weighted by Gasteiger charge is 1.93. The zero-order chi connectivity index (χ0) is 9.68. The van der Waals surface area contributed by atoms with Crippen molar-refractivity contribution in [3.05, 3.63) is 39.9 Å². The average Bonchev–Trinajstić information content (AvgIpc) is 2.03. The maximum Gasteiger partial charge on any atom is 0.0426 e. The largest absolute Gasteiger partial charge is 0.316 e. The normalized spacial score (nSPS) is 11.0. The van der Waals surface area contributed by atoms with E-state index in [4.69, 9.17) is 23.2 Å². The van der Waals surface area contributed by atoms with Crippen LogP contribution in [0.4, 0.5) is 0 Å². The van der Waals surface area contributed by atoms with Crippen molar-refractivity contribution in [1.82, 2.24) is 5.32 Å². The van der Waals surface area contributed by atoms with Crippen LogP contribution in [0.3, 0.4) is 0 Å². The van der Waals surface area contributed by atoms with Crippen LogP contribution < -0.4 is 5.32 Å². The molecule has 0 saturated heterocycles. The molecule has 0 heterocycles. The van der Waals surface area contributed by atoms with Crippen molar-refractivity contribution in [2.24, 2.45) is 0 Å². The number of rotatable bonds is 3. The van der Waals surface area contributed by atoms with Crippen molar-refractivity contribution in [1.29, 1.82) is 0 Å². The Labute approximate surface area is 88.4 Å². The lowest BCUT2D eigenvalue weighted by Crippen LogP contribution is -2.03. The molecule has 0 aliphatic rings. The Balaban J connectivity index is 2.77. The standard InChI is InChI=1S/C10H11Cl2N/c1-13-4-2-3-8-5-9(11)7-10(12)6-8/h2-3,5-7,13H,4H2,1H3. The minimum atomic E-state index is 0.664. The number of nitrogens with one attached hydrogen (secondary N) is 1. The van der Waals surface area contributed by atoms with E-state index in [0.717, 1.165) is 12.1 Å². The molecule has 13 heavy (non-hydrogen) atoms. The number of halogens is 2. The van der Waals surface area contributed by atoms with Crippen molar-refractivity contribution in [3.8, 4) is 0 Å². The van der Waals surface area contributed by atoms with Gasteiger partial charge in [0.2, 0.25) is 0 Å². The lowest BCUT2D eigenvalue weighted by Gasteiger charge is -1.96. The fourth-order valence-corrected chi connectivity index (χ4v) is 1.53. The predicted molar refractivity (Wildman–Crippen MR) is 59.4 cm³/mol. The number of benzene rings is 1. The summed E-state index contributed by atoms with van der Waals surface area (Å²) in [5.74, 6) is 0. The maximum atomic E-state index is 5.83. The van der Waals surface area contributed by atoms with Crippen molar-refractivity contribution >= 4 is 29.3 Å². The molecule has 1 aromatic carbocycles. The van der Waals surface area contributed by atoms with E-state index in [0.29, 0.717) is 10.0 Å². The van der Waals surface area contributed by atoms with Gasteiger partial charge in [0.1, 0.15) is 0 Å². The number of hydrogen-bond donors (Lipinski definition) is 1. The van der Waals surface area contributed by atoms with Gasteiger partial charge in [-0.1, -0.05) is 35.4 Å². The van der Waals surface area contributed by atoms with Crippen LogP contribution in [0, 0.1) is 0 Å². The first kappa shape index (κ1) is 10.6. The smallest absolute Gasteiger partial charge is 0.0426 e. The molecule has 0 atom stereocenters. The van der Waals surface area contributed by atoms with Gasteiger partial charge in [-0.2, -0.15) is 0 Å². The van der Waals surface area contributed by atoms with Crippen molar-refractivity contribution in [2.75, 3.05) is 13.6 Å². The molecule has 1 nitrogen and oxygen atoms in total. The topological polar surface area (TPSA) is 12.0 Å². The molecule has 0 radical (unpaired) electrons. The van der Waals surface area contributed by atoms with Gasteiger partial charge in [-0.15, -0.1) is 0 Å². The maximum absolute atomic E-state index is 5.83. The van der Waals surface area contributed by atoms with Crippen LogP contribution in [0.25, 0.3) is 6.08 Å². The highest BCUT2D eigenvalue weighted by molar-refractivity contribution is 6.34. The van der Waals surface area contributed by atoms with Gasteiger partial charge in [0, 0.05) is 16.6 Å². The number of likely N-dealkylation sites (N-methyl/N-ethyl adjacent to an activating group) is 1. The Hall–Kier alpha value is -0.500. The van der Waals surface area contributed by atoms with E-state index in [2.05, 4.69) is 5.32 Å². The molecule has 70 valence electrons. The number of hydrogen-bond acceptors (Lipinski definition) is 1. The Kier molecular flexibility index (Phi) is 4.29. The van der Waals surface area contributed by atoms with Crippen molar-refractivity contribution in [2.45, 2.75) is 0 Å². The fraction of sp³-hybridized carbons (Fsp3) is 0.200. The SMILES string of the molecule is CNCC=Cc1cc(Cl)cc(Cl)c1. The Morgan fingerprint density at radius 1 is 1.23 bits per heavy atom. The molecular weight excluding hydrogens is 205 g/mol. The molecule has 0 bridgehead atoms. The average molecular weight is 216 g/mol. The molecule has 1 N–H and O–H groups in total. The summed E-state index contributed by atoms with van der Waals surface area (Å²) >= 11 is 11.7. The van der Waals surface area contributed by atoms with E-state index >= 15 is 0 Å². The van der Waals surface area contributed by atoms with Gasteiger partial charge < -0.3 is 5.32 Å². The fourth-order valence-electron chi connectivity index (χ4n) is 0.984. The van der Waals surface area contributed by atoms with Gasteiger partial charge >= 0.3 is 0 Å². The molecule has 0 aromatic heterocycles. The first-order valence-corrected chi connectivity index (χ1v) is 4.75. The van der Waals surface area contributed by atoms with E-state index in [9.17, 15) is 0 Å². The molecule has 1 rings (SSSR count). The van der Waals surface area contributed by atoms with Crippen LogP contribution in [-0.2, 0) is 0 Å². The summed E-state index contributed by atoms with van der Waals surface area (Å²) in [7, 11) is 1.90. The van der Waals surface area contributed by atoms with Gasteiger partial charge in [0.25, 0.3) is 0 Å². The van der Waals surface area contributed by atoms with Crippen LogP contribution in [0.5, 0.6) is 0 Å². The molecular formula is C10H11Cl2N. The van der Waals surface area contributed by atoms with Crippen LogP contribution >= 0.6 is 23.2 Å². The molecule has 0 aliphatic heterocycles. The second-order valence-corrected chi connectivity index (χ2v) is 3.54. The van der Waals surface area contributed by atoms with E-state index in [1.165, 1.54) is 0 Å². The van der Waals surface area contributed by atoms with Crippen LogP contribution in [0.1, 0.15) is 5.56 Å². The van der Waals surface area contributed by atoms with E-state index < -0.39 is 0 Å². The summed E-state index contributed by atoms with van der Waals surface area (Å²) < 4.78 is 0. The van der Waals surface area contributed by atoms with Crippen molar-refractivity contribution in [3.63, 3.8) is 0 Å². The summed E-state index contributed by atoms with van der Waals surface area (Å²) in [6.45, 7) is 0.837. The van der Waals surface area contributed by atoms with Gasteiger partial charge in [0.05, 0.1) is 0 Å². The van der Waals surface area contributed by atoms with E-state index in [-0.39, 0.29) is 0 Å². The molecule has 0 amide bonds. The molecule has 1 aromatic rings. The van der Waals surface area contributed by atoms with Gasteiger partial charge in [-0.05, 0) is 30.8 Å². The third-order valence-corrected chi connectivity index (χ3v) is 1.95. The third-order valence-electron chi connectivity index (χ3n) is 1.52. The Morgan fingerprint density at radius 3 is 2.38 bits per heavy atom. The molecule has 3 heteroatoms. The van der Waals surface area contributed by atoms with Gasteiger partial charge in [-0.3, -0.25) is 0 Å². The zero-order valence-corrected chi connectivity index (χ0v) is 8.86. The third kappa shape index (κ3) is 3.81. The minimum Gasteiger partial charge on any atom is -0.316 e. The second kappa shape index (κ2) is 5.28. The zero-order valence-electron chi connectivity index (χ0n) is 7.35. The lowest BCUT2D eigenvalue weighted by molar-refractivity contribution is 0.922. The van der Waals surface area contributed by atoms with E-state index in [1.54, 1.807) is 6.07 Å². The summed E-state index contributed by atoms with van der Waals surface area (Å²) in [6, 6.07) is 5.47. The molecule has 0 unspecified atom stereocenters. The Bertz CT molecular complexity index is 288. The van der Waals surface area contributed by atoms with Crippen LogP contribution in [0.15, 0.2) is 24.3 Å². The quantitative estimate of drug-likeness (QED) is 0.817. The van der Waals surface area contributed by atoms with Crippen LogP contribution in [-0.4, -0.2) is 13.6 Å². The lowest BCUT2D eigenvalue weighted by atomic mass is 10.2. The predicted octanol–water partition coefficient (Wildman–Crippen LogP) is 3.23. The molecule has 0 aliphatic carbocycles. The second-order valence-electron chi connectivity index (χ2n) is 2.66. The summed E-state index contributed by atoms with van der Waals surface area (Å²) in [4.78, 5) is 0. The minimum absolute atomic E-state index is 0.664. The summed E-state index contributed by atoms with van der Waals surface area (Å²) in [5.41, 5.74) is 1.02. The van der Waals surface area contributed by atoms with Crippen LogP contribution in [0.2, 0.25) is 10.0 Å². The van der Waals surface area contributed by atoms with E-state index in [1.807, 2.05) is 31.3 Å². The van der Waals surface area contributed by atoms with Gasteiger partial charge in [-0.25, -0.2) is 0 Å². The molecule has 0 saturated carbocycles.